The minimum absolute atomic E-state index is 0.0342. The molecule has 0 unspecified atom stereocenters. The quantitative estimate of drug-likeness (QED) is 0.595. The number of nitrogens with one attached hydrogen (secondary N) is 1. The first-order valence-electron chi connectivity index (χ1n) is 5.88. The van der Waals surface area contributed by atoms with E-state index < -0.39 is 17.6 Å². The molecule has 7 heteroatoms. The average molecular weight is 319 g/mol. The monoisotopic (exact) mass is 318 g/mol. The highest BCUT2D eigenvalue weighted by Crippen LogP contribution is 2.38. The van der Waals surface area contributed by atoms with Crippen LogP contribution in [0, 0.1) is 12.7 Å². The van der Waals surface area contributed by atoms with E-state index in [0.29, 0.717) is 0 Å². The van der Waals surface area contributed by atoms with Crippen molar-refractivity contribution in [2.45, 2.75) is 13.1 Å². The van der Waals surface area contributed by atoms with Crippen LogP contribution in [0.5, 0.6) is 0 Å². The normalized spacial score (nSPS) is 11.5. The Morgan fingerprint density at radius 2 is 1.71 bits per heavy atom. The summed E-state index contributed by atoms with van der Waals surface area (Å²) >= 11 is 5.60. The molecule has 0 radical (unpaired) electrons. The Labute approximate surface area is 123 Å². The third-order valence-corrected chi connectivity index (χ3v) is 3.21. The lowest BCUT2D eigenvalue weighted by atomic mass is 10.1. The summed E-state index contributed by atoms with van der Waals surface area (Å²) in [6, 6.07) is 6.03. The zero-order valence-corrected chi connectivity index (χ0v) is 11.6. The summed E-state index contributed by atoms with van der Waals surface area (Å²) in [7, 11) is 0. The van der Waals surface area contributed by atoms with E-state index in [2.05, 4.69) is 5.32 Å². The van der Waals surface area contributed by atoms with Gasteiger partial charge in [0.25, 0.3) is 0 Å². The van der Waals surface area contributed by atoms with Crippen LogP contribution in [-0.2, 0) is 6.18 Å². The summed E-state index contributed by atoms with van der Waals surface area (Å²) in [4.78, 5) is 0. The topological polar surface area (TPSA) is 38.0 Å². The van der Waals surface area contributed by atoms with Gasteiger partial charge in [0.2, 0.25) is 0 Å². The Kier molecular flexibility index (Phi) is 4.00. The Morgan fingerprint density at radius 3 is 2.33 bits per heavy atom. The maximum atomic E-state index is 13.7. The molecule has 21 heavy (non-hydrogen) atoms. The van der Waals surface area contributed by atoms with E-state index in [-0.39, 0.29) is 27.6 Å². The molecule has 0 aliphatic rings. The fourth-order valence-corrected chi connectivity index (χ4v) is 2.02. The van der Waals surface area contributed by atoms with Gasteiger partial charge in [0, 0.05) is 16.3 Å². The molecule has 2 nitrogen and oxygen atoms in total. The molecule has 0 aliphatic heterocycles. The summed E-state index contributed by atoms with van der Waals surface area (Å²) in [5.74, 6) is -0.664. The zero-order valence-electron chi connectivity index (χ0n) is 10.9. The number of hydrogen-bond acceptors (Lipinski definition) is 2. The number of nitrogens with two attached hydrogens (primary N) is 1. The molecule has 3 N–H and O–H groups in total. The second kappa shape index (κ2) is 5.44. The van der Waals surface area contributed by atoms with Gasteiger partial charge in [-0.25, -0.2) is 4.39 Å². The SMILES string of the molecule is Cc1c(Nc2ccc(Cl)cc2C(F)(F)F)ccc(N)c1F. The Bertz CT molecular complexity index is 683. The van der Waals surface area contributed by atoms with Crippen molar-refractivity contribution in [2.24, 2.45) is 0 Å². The maximum absolute atomic E-state index is 13.7. The van der Waals surface area contributed by atoms with Gasteiger partial charge in [-0.15, -0.1) is 0 Å². The molecule has 0 aromatic heterocycles. The zero-order chi connectivity index (χ0) is 15.8. The van der Waals surface area contributed by atoms with Crippen LogP contribution in [0.15, 0.2) is 30.3 Å². The van der Waals surface area contributed by atoms with E-state index in [1.165, 1.54) is 31.2 Å². The van der Waals surface area contributed by atoms with E-state index in [0.717, 1.165) is 6.07 Å². The number of hydrogen-bond donors (Lipinski definition) is 2. The van der Waals surface area contributed by atoms with Gasteiger partial charge < -0.3 is 11.1 Å². The highest BCUT2D eigenvalue weighted by Gasteiger charge is 2.34. The summed E-state index contributed by atoms with van der Waals surface area (Å²) in [5, 5.41) is 2.53. The van der Waals surface area contributed by atoms with Crippen molar-refractivity contribution in [3.8, 4) is 0 Å². The molecule has 0 heterocycles. The molecule has 2 aromatic carbocycles. The van der Waals surface area contributed by atoms with Crippen LogP contribution in [-0.4, -0.2) is 0 Å². The third kappa shape index (κ3) is 3.21. The minimum Gasteiger partial charge on any atom is -0.396 e. The summed E-state index contributed by atoms with van der Waals surface area (Å²) in [5.41, 5.74) is 4.54. The first-order chi connectivity index (χ1) is 9.70. The van der Waals surface area contributed by atoms with E-state index in [1.807, 2.05) is 0 Å². The van der Waals surface area contributed by atoms with Crippen molar-refractivity contribution in [3.63, 3.8) is 0 Å². The molecule has 2 aromatic rings. The molecule has 112 valence electrons. The van der Waals surface area contributed by atoms with Crippen molar-refractivity contribution >= 4 is 28.7 Å². The van der Waals surface area contributed by atoms with Gasteiger partial charge in [-0.05, 0) is 37.3 Å². The molecule has 0 bridgehead atoms. The minimum atomic E-state index is -4.58. The highest BCUT2D eigenvalue weighted by atomic mass is 35.5. The van der Waals surface area contributed by atoms with Crippen molar-refractivity contribution < 1.29 is 17.6 Å². The smallest absolute Gasteiger partial charge is 0.396 e. The van der Waals surface area contributed by atoms with Crippen LogP contribution in [0.4, 0.5) is 34.6 Å². The van der Waals surface area contributed by atoms with Crippen LogP contribution in [0.2, 0.25) is 5.02 Å². The predicted molar refractivity (Wildman–Crippen MR) is 75.3 cm³/mol. The van der Waals surface area contributed by atoms with Crippen LogP contribution in [0.25, 0.3) is 0 Å². The van der Waals surface area contributed by atoms with Crippen LogP contribution >= 0.6 is 11.6 Å². The average Bonchev–Trinajstić information content (AvgIpc) is 2.40. The number of anilines is 3. The third-order valence-electron chi connectivity index (χ3n) is 2.97. The second-order valence-electron chi connectivity index (χ2n) is 4.45. The first kappa shape index (κ1) is 15.4. The lowest BCUT2D eigenvalue weighted by molar-refractivity contribution is -0.136. The standard InChI is InChI=1S/C14H11ClF4N2/c1-7-11(5-3-10(20)13(7)16)21-12-4-2-8(15)6-9(12)14(17,18)19/h2-6,21H,20H2,1H3. The van der Waals surface area contributed by atoms with Crippen molar-refractivity contribution in [3.05, 3.63) is 52.3 Å². The van der Waals surface area contributed by atoms with E-state index >= 15 is 0 Å². The molecular formula is C14H11ClF4N2. The molecule has 0 fully saturated rings. The van der Waals surface area contributed by atoms with E-state index in [1.54, 1.807) is 0 Å². The van der Waals surface area contributed by atoms with Crippen molar-refractivity contribution in [1.82, 2.24) is 0 Å². The van der Waals surface area contributed by atoms with Crippen LogP contribution < -0.4 is 11.1 Å². The van der Waals surface area contributed by atoms with Gasteiger partial charge in [0.1, 0.15) is 0 Å². The van der Waals surface area contributed by atoms with Crippen molar-refractivity contribution in [1.29, 1.82) is 0 Å². The molecule has 0 saturated heterocycles. The fourth-order valence-electron chi connectivity index (χ4n) is 1.85. The molecule has 0 saturated carbocycles. The largest absolute Gasteiger partial charge is 0.418 e. The molecule has 0 spiro atoms. The second-order valence-corrected chi connectivity index (χ2v) is 4.89. The Morgan fingerprint density at radius 1 is 1.10 bits per heavy atom. The van der Waals surface area contributed by atoms with Crippen LogP contribution in [0.3, 0.4) is 0 Å². The Balaban J connectivity index is 2.48. The molecule has 0 amide bonds. The van der Waals surface area contributed by atoms with Gasteiger partial charge in [-0.3, -0.25) is 0 Å². The van der Waals surface area contributed by atoms with Crippen molar-refractivity contribution in [2.75, 3.05) is 11.1 Å². The summed E-state index contributed by atoms with van der Waals surface area (Å²) in [6.07, 6.45) is -4.58. The van der Waals surface area contributed by atoms with Gasteiger partial charge in [0.15, 0.2) is 5.82 Å². The van der Waals surface area contributed by atoms with E-state index in [4.69, 9.17) is 17.3 Å². The number of nitrogen functional groups attached to an aromatic ring is 1. The first-order valence-corrected chi connectivity index (χ1v) is 6.26. The molecule has 2 rings (SSSR count). The number of halogens is 5. The predicted octanol–water partition coefficient (Wildman–Crippen LogP) is 5.13. The van der Waals surface area contributed by atoms with Gasteiger partial charge in [-0.1, -0.05) is 11.6 Å². The highest BCUT2D eigenvalue weighted by molar-refractivity contribution is 6.30. The molecule has 0 atom stereocenters. The number of benzene rings is 2. The summed E-state index contributed by atoms with van der Waals surface area (Å²) < 4.78 is 52.6. The lowest BCUT2D eigenvalue weighted by Crippen LogP contribution is -2.09. The van der Waals surface area contributed by atoms with Gasteiger partial charge >= 0.3 is 6.18 Å². The maximum Gasteiger partial charge on any atom is 0.418 e. The number of rotatable bonds is 2. The molecule has 0 aliphatic carbocycles. The molecular weight excluding hydrogens is 308 g/mol. The Hall–Kier alpha value is -1.95. The van der Waals surface area contributed by atoms with E-state index in [9.17, 15) is 17.6 Å². The van der Waals surface area contributed by atoms with Crippen LogP contribution in [0.1, 0.15) is 11.1 Å². The lowest BCUT2D eigenvalue weighted by Gasteiger charge is -2.17. The number of alkyl halides is 3. The van der Waals surface area contributed by atoms with Gasteiger partial charge in [-0.2, -0.15) is 13.2 Å². The summed E-state index contributed by atoms with van der Waals surface area (Å²) in [6.45, 7) is 1.43. The fraction of sp³-hybridized carbons (Fsp3) is 0.143. The van der Waals surface area contributed by atoms with Gasteiger partial charge in [0.05, 0.1) is 16.9 Å².